The number of thiophene rings is 1. The van der Waals surface area contributed by atoms with Gasteiger partial charge in [-0.3, -0.25) is 4.79 Å². The Hall–Kier alpha value is -3.79. The van der Waals surface area contributed by atoms with E-state index in [-0.39, 0.29) is 45.5 Å². The van der Waals surface area contributed by atoms with Crippen molar-refractivity contribution in [1.29, 1.82) is 0 Å². The minimum atomic E-state index is -4.76. The van der Waals surface area contributed by atoms with Crippen LogP contribution in [0.15, 0.2) is 46.8 Å². The second kappa shape index (κ2) is 11.8. The highest BCUT2D eigenvalue weighted by molar-refractivity contribution is 7.89. The van der Waals surface area contributed by atoms with Gasteiger partial charge in [0.1, 0.15) is 22.0 Å². The Kier molecular flexibility index (Phi) is 8.24. The van der Waals surface area contributed by atoms with Gasteiger partial charge < -0.3 is 9.84 Å². The van der Waals surface area contributed by atoms with Gasteiger partial charge in [0.25, 0.3) is 0 Å². The van der Waals surface area contributed by atoms with Crippen LogP contribution in [-0.2, 0) is 34.6 Å². The molecule has 0 saturated heterocycles. The molecule has 1 aliphatic rings. The Morgan fingerprint density at radius 2 is 2.02 bits per heavy atom. The van der Waals surface area contributed by atoms with Crippen LogP contribution in [0.5, 0.6) is 5.88 Å². The molecule has 0 bridgehead atoms. The zero-order valence-electron chi connectivity index (χ0n) is 24.7. The van der Waals surface area contributed by atoms with Gasteiger partial charge in [0.15, 0.2) is 0 Å². The standard InChI is InChI=1S/C30H27ClF3N5O5S2/c1-4-20-14-39(46(42,43)24-9-19(31)12-35-29(24)44-20)13-18-8-17(7-16-5-6-45-28(16)18)22(11-25(40)41)21-10-23(30(32,33)34)27-26(15(21)2)36-37-38(27)3/h5-10,12,20,22H,4,11,13-14H2,1-3H3,(H,40,41)/t20-,22?/m1/s1. The molecule has 6 rings (SSSR count). The molecule has 1 N–H and O–H groups in total. The number of aromatic nitrogens is 4. The van der Waals surface area contributed by atoms with Crippen molar-refractivity contribution in [2.24, 2.45) is 7.05 Å². The Bertz CT molecular complexity index is 2120. The first kappa shape index (κ1) is 32.2. The predicted octanol–water partition coefficient (Wildman–Crippen LogP) is 6.53. The molecule has 0 spiro atoms. The number of carboxylic acids is 1. The summed E-state index contributed by atoms with van der Waals surface area (Å²) >= 11 is 7.49. The number of hydrogen-bond donors (Lipinski definition) is 1. The van der Waals surface area contributed by atoms with E-state index < -0.39 is 46.2 Å². The van der Waals surface area contributed by atoms with Crippen LogP contribution < -0.4 is 4.74 Å². The van der Waals surface area contributed by atoms with E-state index >= 15 is 0 Å². The third kappa shape index (κ3) is 5.69. The smallest absolute Gasteiger partial charge is 0.418 e. The van der Waals surface area contributed by atoms with Crippen LogP contribution in [0.3, 0.4) is 0 Å². The molecular formula is C30H27ClF3N5O5S2. The number of pyridine rings is 1. The van der Waals surface area contributed by atoms with Gasteiger partial charge in [-0.15, -0.1) is 16.4 Å². The van der Waals surface area contributed by atoms with Gasteiger partial charge in [0.05, 0.1) is 23.6 Å². The monoisotopic (exact) mass is 693 g/mol. The highest BCUT2D eigenvalue weighted by atomic mass is 35.5. The van der Waals surface area contributed by atoms with E-state index in [1.807, 2.05) is 12.3 Å². The molecule has 2 atom stereocenters. The SMILES string of the molecule is CC[C@@H]1CN(Cc2cc(C(CC(=O)O)c3cc(C(F)(F)F)c4c(nnn4C)c3C)cc3ccsc23)S(=O)(=O)c2cc(Cl)cnc2O1. The fourth-order valence-corrected chi connectivity index (χ4v) is 8.59. The number of sulfonamides is 1. The summed E-state index contributed by atoms with van der Waals surface area (Å²) in [5.41, 5.74) is 0.327. The van der Waals surface area contributed by atoms with Crippen LogP contribution in [0.2, 0.25) is 5.02 Å². The lowest BCUT2D eigenvalue weighted by molar-refractivity contribution is -0.137. The second-order valence-electron chi connectivity index (χ2n) is 11.1. The number of aliphatic carboxylic acids is 1. The number of hydrogen-bond acceptors (Lipinski definition) is 8. The summed E-state index contributed by atoms with van der Waals surface area (Å²) < 4.78 is 79.9. The van der Waals surface area contributed by atoms with Gasteiger partial charge >= 0.3 is 12.1 Å². The molecule has 0 fully saturated rings. The van der Waals surface area contributed by atoms with E-state index in [1.54, 1.807) is 25.1 Å². The van der Waals surface area contributed by atoms with Crippen LogP contribution in [0.1, 0.15) is 53.5 Å². The molecule has 0 aliphatic carbocycles. The first-order valence-corrected chi connectivity index (χ1v) is 16.8. The van der Waals surface area contributed by atoms with Crippen LogP contribution >= 0.6 is 22.9 Å². The zero-order valence-corrected chi connectivity index (χ0v) is 27.1. The van der Waals surface area contributed by atoms with Crippen molar-refractivity contribution in [3.05, 3.63) is 74.7 Å². The van der Waals surface area contributed by atoms with E-state index in [9.17, 15) is 31.5 Å². The summed E-state index contributed by atoms with van der Waals surface area (Å²) in [5.74, 6) is -2.29. The maximum absolute atomic E-state index is 14.3. The van der Waals surface area contributed by atoms with Gasteiger partial charge in [-0.2, -0.15) is 17.5 Å². The first-order valence-electron chi connectivity index (χ1n) is 14.1. The van der Waals surface area contributed by atoms with E-state index in [1.165, 1.54) is 35.0 Å². The quantitative estimate of drug-likeness (QED) is 0.204. The van der Waals surface area contributed by atoms with Gasteiger partial charge in [-0.25, -0.2) is 18.1 Å². The molecule has 1 aliphatic heterocycles. The van der Waals surface area contributed by atoms with Crippen molar-refractivity contribution in [1.82, 2.24) is 24.3 Å². The number of rotatable bonds is 7. The number of nitrogens with zero attached hydrogens (tertiary/aromatic N) is 5. The summed E-state index contributed by atoms with van der Waals surface area (Å²) in [6, 6.07) is 7.48. The molecular weight excluding hydrogens is 667 g/mol. The maximum Gasteiger partial charge on any atom is 0.418 e. The maximum atomic E-state index is 14.3. The van der Waals surface area contributed by atoms with Gasteiger partial charge in [-0.05, 0) is 70.6 Å². The summed E-state index contributed by atoms with van der Waals surface area (Å²) in [6.45, 7) is 3.34. The lowest BCUT2D eigenvalue weighted by Gasteiger charge is -2.25. The number of benzene rings is 2. The summed E-state index contributed by atoms with van der Waals surface area (Å²) in [6.07, 6.45) is -4.02. The van der Waals surface area contributed by atoms with E-state index in [0.29, 0.717) is 28.5 Å². The molecule has 3 aromatic heterocycles. The third-order valence-corrected chi connectivity index (χ3v) is 11.2. The molecule has 1 unspecified atom stereocenters. The highest BCUT2D eigenvalue weighted by Gasteiger charge is 2.38. The molecule has 10 nitrogen and oxygen atoms in total. The number of alkyl halides is 3. The van der Waals surface area contributed by atoms with Crippen molar-refractivity contribution in [3.8, 4) is 5.88 Å². The van der Waals surface area contributed by atoms with Gasteiger partial charge in [-0.1, -0.05) is 29.8 Å². The lowest BCUT2D eigenvalue weighted by atomic mass is 9.83. The van der Waals surface area contributed by atoms with Crippen LogP contribution in [0.25, 0.3) is 21.1 Å². The highest BCUT2D eigenvalue weighted by Crippen LogP contribution is 2.43. The Balaban J connectivity index is 1.52. The zero-order chi connectivity index (χ0) is 33.1. The Morgan fingerprint density at radius 1 is 1.26 bits per heavy atom. The average molecular weight is 694 g/mol. The number of fused-ring (bicyclic) bond motifs is 3. The number of carbonyl (C=O) groups is 1. The predicted molar refractivity (Wildman–Crippen MR) is 166 cm³/mol. The van der Waals surface area contributed by atoms with E-state index in [2.05, 4.69) is 15.3 Å². The molecule has 0 saturated carbocycles. The molecule has 46 heavy (non-hydrogen) atoms. The molecule has 242 valence electrons. The topological polar surface area (TPSA) is 128 Å². The Labute approximate surface area is 270 Å². The second-order valence-corrected chi connectivity index (χ2v) is 14.4. The largest absolute Gasteiger partial charge is 0.481 e. The van der Waals surface area contributed by atoms with E-state index in [4.69, 9.17) is 16.3 Å². The average Bonchev–Trinajstić information content (AvgIpc) is 3.60. The molecule has 2 aromatic carbocycles. The summed E-state index contributed by atoms with van der Waals surface area (Å²) in [5, 5.41) is 20.4. The van der Waals surface area contributed by atoms with Crippen molar-refractivity contribution in [2.75, 3.05) is 6.54 Å². The van der Waals surface area contributed by atoms with Crippen LogP contribution in [-0.4, -0.2) is 56.4 Å². The summed E-state index contributed by atoms with van der Waals surface area (Å²) in [7, 11) is -2.80. The first-order chi connectivity index (χ1) is 21.7. The fourth-order valence-electron chi connectivity index (χ4n) is 5.93. The molecule has 0 radical (unpaired) electrons. The summed E-state index contributed by atoms with van der Waals surface area (Å²) in [4.78, 5) is 16.1. The number of aryl methyl sites for hydroxylation is 2. The van der Waals surface area contributed by atoms with Gasteiger partial charge in [0.2, 0.25) is 15.9 Å². The third-order valence-electron chi connectivity index (χ3n) is 8.17. The minimum absolute atomic E-state index is 0.000141. The number of carboxylic acid groups (broad SMARTS) is 1. The number of ether oxygens (including phenoxy) is 1. The van der Waals surface area contributed by atoms with Crippen LogP contribution in [0.4, 0.5) is 13.2 Å². The van der Waals surface area contributed by atoms with Crippen molar-refractivity contribution in [2.45, 2.75) is 56.3 Å². The Morgan fingerprint density at radius 3 is 2.72 bits per heavy atom. The van der Waals surface area contributed by atoms with Crippen molar-refractivity contribution < 1.29 is 36.2 Å². The van der Waals surface area contributed by atoms with Gasteiger partial charge in [0, 0.05) is 30.4 Å². The molecule has 5 aromatic rings. The minimum Gasteiger partial charge on any atom is -0.481 e. The number of halogens is 4. The van der Waals surface area contributed by atoms with Crippen molar-refractivity contribution in [3.63, 3.8) is 0 Å². The van der Waals surface area contributed by atoms with Crippen LogP contribution in [0, 0.1) is 6.92 Å². The molecule has 4 heterocycles. The molecule has 16 heteroatoms. The van der Waals surface area contributed by atoms with Crippen molar-refractivity contribution >= 4 is 60.0 Å². The van der Waals surface area contributed by atoms with E-state index in [0.717, 1.165) is 15.4 Å². The lowest BCUT2D eigenvalue weighted by Crippen LogP contribution is -2.36. The normalized spacial score (nSPS) is 17.5. The molecule has 0 amide bonds. The fraction of sp³-hybridized carbons (Fsp3) is 0.333.